The van der Waals surface area contributed by atoms with E-state index < -0.39 is 24.0 Å². The number of fused-ring (bicyclic) bond motifs is 7. The highest BCUT2D eigenvalue weighted by molar-refractivity contribution is 6.55. The van der Waals surface area contributed by atoms with E-state index in [-0.39, 0.29) is 30.7 Å². The number of hydrogen-bond donors (Lipinski definition) is 0. The molecule has 0 bridgehead atoms. The Morgan fingerprint density at radius 2 is 1.69 bits per heavy atom. The fraction of sp³-hybridized carbons (Fsp3) is 0.189. The van der Waals surface area contributed by atoms with Crippen LogP contribution >= 0.6 is 0 Å². The summed E-state index contributed by atoms with van der Waals surface area (Å²) in [6, 6.07) is 24.5. The normalized spacial score (nSPS) is 13.4. The van der Waals surface area contributed by atoms with Gasteiger partial charge in [0, 0.05) is 27.6 Å². The van der Waals surface area contributed by atoms with E-state index in [0.29, 0.717) is 40.4 Å². The van der Waals surface area contributed by atoms with Crippen molar-refractivity contribution in [3.05, 3.63) is 117 Å². The molecule has 0 spiro atoms. The van der Waals surface area contributed by atoms with Gasteiger partial charge in [-0.1, -0.05) is 60.6 Å². The maximum absolute atomic E-state index is 13.9. The molecule has 2 aromatic heterocycles. The standard InChI is InChI=1S/C37H30BN3O8/c1-3-32(48-36(44)20(2)49-40-34-26-10-6-4-8-24(26)25-9-5-7-11-27(25)34)28-16-31-33-22(17-41(31)35(43)29(28)18-46-19-42)14-21-15-23(47-37(38)45)12-13-30(21)39-33/h4-16,19-20,32H,3,17-18,38H2,1-2H3/t20?,32-/m0/s1. The lowest BCUT2D eigenvalue weighted by Crippen LogP contribution is -2.29. The number of rotatable bonds is 10. The maximum atomic E-state index is 13.9. The van der Waals surface area contributed by atoms with Gasteiger partial charge in [-0.05, 0) is 54.8 Å². The summed E-state index contributed by atoms with van der Waals surface area (Å²) in [6.07, 6.45) is -1.61. The first-order valence-corrected chi connectivity index (χ1v) is 15.8. The predicted molar refractivity (Wildman–Crippen MR) is 183 cm³/mol. The molecule has 5 aromatic rings. The minimum absolute atomic E-state index is 0.193. The van der Waals surface area contributed by atoms with Crippen molar-refractivity contribution in [3.8, 4) is 28.3 Å². The summed E-state index contributed by atoms with van der Waals surface area (Å²) in [4.78, 5) is 60.6. The number of carbonyl (C=O) groups is 3. The van der Waals surface area contributed by atoms with Crippen molar-refractivity contribution >= 4 is 42.8 Å². The van der Waals surface area contributed by atoms with Crippen LogP contribution in [-0.2, 0) is 37.1 Å². The summed E-state index contributed by atoms with van der Waals surface area (Å²) in [7, 11) is 1.33. The first kappa shape index (κ1) is 31.6. The minimum atomic E-state index is -1.07. The number of pyridine rings is 2. The van der Waals surface area contributed by atoms with Crippen molar-refractivity contribution in [1.29, 1.82) is 0 Å². The number of ether oxygens (including phenoxy) is 3. The van der Waals surface area contributed by atoms with Crippen molar-refractivity contribution in [1.82, 2.24) is 9.55 Å². The molecular formula is C37H30BN3O8. The molecule has 244 valence electrons. The molecule has 0 saturated heterocycles. The fourth-order valence-electron chi connectivity index (χ4n) is 6.42. The molecule has 12 heteroatoms. The Labute approximate surface area is 281 Å². The van der Waals surface area contributed by atoms with Gasteiger partial charge in [-0.2, -0.15) is 0 Å². The summed E-state index contributed by atoms with van der Waals surface area (Å²) in [6.45, 7) is 3.57. The van der Waals surface area contributed by atoms with Gasteiger partial charge in [0.25, 0.3) is 12.0 Å². The molecular weight excluding hydrogens is 625 g/mol. The molecule has 2 aliphatic rings. The Bertz CT molecular complexity index is 2220. The number of carbonyl (C=O) groups excluding carboxylic acids is 3. The molecule has 3 aromatic carbocycles. The Kier molecular flexibility index (Phi) is 8.29. The second kappa shape index (κ2) is 12.9. The minimum Gasteiger partial charge on any atom is -0.463 e. The van der Waals surface area contributed by atoms with Crippen LogP contribution in [0.1, 0.15) is 54.2 Å². The van der Waals surface area contributed by atoms with Crippen molar-refractivity contribution in [2.75, 3.05) is 0 Å². The Balaban J connectivity index is 1.18. The molecule has 49 heavy (non-hydrogen) atoms. The topological polar surface area (TPSA) is 135 Å². The summed E-state index contributed by atoms with van der Waals surface area (Å²) < 4.78 is 17.8. The summed E-state index contributed by atoms with van der Waals surface area (Å²) in [5, 5.41) is 5.13. The van der Waals surface area contributed by atoms with E-state index in [4.69, 9.17) is 24.0 Å². The molecule has 0 fully saturated rings. The SMILES string of the molecule is BC(=O)Oc1ccc2nc3c(cc2c1)Cn1c-3cc([C@H](CC)OC(=O)C(C)ON=C2c3ccccc3-c3ccccc32)c(COC=O)c1=O. The second-order valence-corrected chi connectivity index (χ2v) is 11.8. The largest absolute Gasteiger partial charge is 0.463 e. The molecule has 3 heterocycles. The number of benzene rings is 3. The summed E-state index contributed by atoms with van der Waals surface area (Å²) in [5.41, 5.74) is 7.27. The van der Waals surface area contributed by atoms with Crippen LogP contribution in [0.5, 0.6) is 5.75 Å². The van der Waals surface area contributed by atoms with Gasteiger partial charge in [0.15, 0.2) is 0 Å². The smallest absolute Gasteiger partial charge is 0.350 e. The van der Waals surface area contributed by atoms with Crippen molar-refractivity contribution in [3.63, 3.8) is 0 Å². The van der Waals surface area contributed by atoms with Gasteiger partial charge in [0.2, 0.25) is 19.8 Å². The van der Waals surface area contributed by atoms with Crippen LogP contribution in [-0.4, -0.2) is 47.5 Å². The van der Waals surface area contributed by atoms with Crippen LogP contribution in [0.15, 0.2) is 88.8 Å². The molecule has 0 radical (unpaired) electrons. The lowest BCUT2D eigenvalue weighted by atomic mass is 10.00. The Morgan fingerprint density at radius 1 is 1.00 bits per heavy atom. The van der Waals surface area contributed by atoms with Crippen LogP contribution in [0.4, 0.5) is 4.79 Å². The highest BCUT2D eigenvalue weighted by atomic mass is 16.7. The third kappa shape index (κ3) is 5.75. The summed E-state index contributed by atoms with van der Waals surface area (Å²) >= 11 is 0. The highest BCUT2D eigenvalue weighted by Crippen LogP contribution is 2.38. The number of nitrogens with zero attached hydrogens (tertiary/aromatic N) is 3. The van der Waals surface area contributed by atoms with Gasteiger partial charge in [-0.15, -0.1) is 0 Å². The van der Waals surface area contributed by atoms with Crippen molar-refractivity contribution < 1.29 is 33.4 Å². The van der Waals surface area contributed by atoms with Gasteiger partial charge in [-0.25, -0.2) is 9.78 Å². The maximum Gasteiger partial charge on any atom is 0.350 e. The first-order chi connectivity index (χ1) is 23.8. The van der Waals surface area contributed by atoms with E-state index in [9.17, 15) is 19.2 Å². The number of esters is 1. The first-order valence-electron chi connectivity index (χ1n) is 15.8. The van der Waals surface area contributed by atoms with Crippen molar-refractivity contribution in [2.24, 2.45) is 5.16 Å². The van der Waals surface area contributed by atoms with Gasteiger partial charge < -0.3 is 23.6 Å². The zero-order valence-electron chi connectivity index (χ0n) is 27.0. The molecule has 1 aliphatic carbocycles. The van der Waals surface area contributed by atoms with Gasteiger partial charge in [0.1, 0.15) is 24.2 Å². The van der Waals surface area contributed by atoms with Crippen LogP contribution in [0, 0.1) is 0 Å². The van der Waals surface area contributed by atoms with Gasteiger partial charge >= 0.3 is 5.97 Å². The average molecular weight is 655 g/mol. The van der Waals surface area contributed by atoms with E-state index in [2.05, 4.69) is 5.16 Å². The lowest BCUT2D eigenvalue weighted by molar-refractivity contribution is -0.162. The lowest BCUT2D eigenvalue weighted by Gasteiger charge is -2.22. The van der Waals surface area contributed by atoms with E-state index >= 15 is 0 Å². The zero-order chi connectivity index (χ0) is 34.2. The summed E-state index contributed by atoms with van der Waals surface area (Å²) in [5.74, 6) is -0.720. The van der Waals surface area contributed by atoms with E-state index in [1.165, 1.54) is 7.85 Å². The molecule has 1 aliphatic heterocycles. The molecule has 11 nitrogen and oxygen atoms in total. The average Bonchev–Trinajstić information content (AvgIpc) is 3.62. The Hall–Kier alpha value is -6.04. The Morgan fingerprint density at radius 3 is 2.35 bits per heavy atom. The van der Waals surface area contributed by atoms with Gasteiger partial charge in [-0.3, -0.25) is 14.4 Å². The fourth-order valence-corrected chi connectivity index (χ4v) is 6.42. The quantitative estimate of drug-likeness (QED) is 0.0858. The van der Waals surface area contributed by atoms with Crippen LogP contribution in [0.3, 0.4) is 0 Å². The molecule has 7 rings (SSSR count). The second-order valence-electron chi connectivity index (χ2n) is 11.8. The third-order valence-corrected chi connectivity index (χ3v) is 8.69. The van der Waals surface area contributed by atoms with Crippen LogP contribution in [0.2, 0.25) is 0 Å². The van der Waals surface area contributed by atoms with E-state index in [0.717, 1.165) is 33.2 Å². The monoisotopic (exact) mass is 655 g/mol. The zero-order valence-corrected chi connectivity index (χ0v) is 27.0. The molecule has 1 unspecified atom stereocenters. The highest BCUT2D eigenvalue weighted by Gasteiger charge is 2.31. The van der Waals surface area contributed by atoms with Gasteiger partial charge in [0.05, 0.1) is 29.0 Å². The number of aromatic nitrogens is 2. The molecule has 0 N–H and O–H groups in total. The van der Waals surface area contributed by atoms with Crippen LogP contribution < -0.4 is 10.3 Å². The molecule has 0 saturated carbocycles. The predicted octanol–water partition coefficient (Wildman–Crippen LogP) is 5.06. The van der Waals surface area contributed by atoms with Crippen molar-refractivity contribution in [2.45, 2.75) is 45.6 Å². The third-order valence-electron chi connectivity index (χ3n) is 8.69. The van der Waals surface area contributed by atoms with Crippen LogP contribution in [0.25, 0.3) is 33.4 Å². The number of oxime groups is 1. The van der Waals surface area contributed by atoms with E-state index in [1.807, 2.05) is 61.5 Å². The molecule has 2 atom stereocenters. The number of hydrogen-bond acceptors (Lipinski definition) is 10. The molecule has 0 amide bonds. The van der Waals surface area contributed by atoms with E-state index in [1.54, 1.807) is 35.8 Å².